The number of ether oxygens (including phenoxy) is 2. The van der Waals surface area contributed by atoms with Crippen LogP contribution in [0.25, 0.3) is 0 Å². The van der Waals surface area contributed by atoms with Crippen molar-refractivity contribution in [2.45, 2.75) is 0 Å². The number of nitrogens with zero attached hydrogens (tertiary/aromatic N) is 1. The summed E-state index contributed by atoms with van der Waals surface area (Å²) in [6.07, 6.45) is 5.08. The zero-order chi connectivity index (χ0) is 9.78. The Morgan fingerprint density at radius 3 is 2.62 bits per heavy atom. The molecule has 1 aromatic heterocycles. The molecule has 0 aromatic carbocycles. The van der Waals surface area contributed by atoms with Crippen molar-refractivity contribution in [1.29, 1.82) is 0 Å². The van der Waals surface area contributed by atoms with Gasteiger partial charge in [0.05, 0.1) is 32.8 Å². The first-order chi connectivity index (χ1) is 6.41. The van der Waals surface area contributed by atoms with E-state index in [9.17, 15) is 0 Å². The average molecular weight is 188 g/mol. The third-order valence-corrected chi connectivity index (χ3v) is 1.07. The van der Waals surface area contributed by atoms with Crippen LogP contribution in [-0.4, -0.2) is 48.6 Å². The molecule has 0 aliphatic carbocycles. The number of aromatic amines is 1. The molecule has 0 amide bonds. The second-order valence-corrected chi connectivity index (χ2v) is 2.09. The van der Waals surface area contributed by atoms with Gasteiger partial charge in [-0.15, -0.1) is 0 Å². The number of aromatic nitrogens is 2. The molecule has 0 radical (unpaired) electrons. The van der Waals surface area contributed by atoms with Gasteiger partial charge in [-0.1, -0.05) is 0 Å². The standard InChI is InChI=1S/C5H12O3.C3H4N2/c1-7-4-5-8-3-2-6;1-2-5-3-4-1/h6H,2-5H2,1H3;1-3H,(H,4,5). The van der Waals surface area contributed by atoms with Crippen molar-refractivity contribution in [1.82, 2.24) is 9.97 Å². The number of H-pyrrole nitrogens is 1. The molecule has 0 aliphatic rings. The van der Waals surface area contributed by atoms with Gasteiger partial charge in [-0.05, 0) is 0 Å². The normalized spacial score (nSPS) is 9.08. The van der Waals surface area contributed by atoms with E-state index in [0.29, 0.717) is 19.8 Å². The summed E-state index contributed by atoms with van der Waals surface area (Å²) in [6, 6.07) is 0. The fraction of sp³-hybridized carbons (Fsp3) is 0.625. The van der Waals surface area contributed by atoms with Crippen LogP contribution >= 0.6 is 0 Å². The Balaban J connectivity index is 0.000000243. The van der Waals surface area contributed by atoms with Crippen molar-refractivity contribution >= 4 is 0 Å². The fourth-order valence-corrected chi connectivity index (χ4v) is 0.524. The van der Waals surface area contributed by atoms with Crippen LogP contribution in [0, 0.1) is 0 Å². The minimum atomic E-state index is 0.0870. The van der Waals surface area contributed by atoms with Crippen LogP contribution in [0.2, 0.25) is 0 Å². The number of imidazole rings is 1. The molecule has 1 heterocycles. The molecule has 0 bridgehead atoms. The Morgan fingerprint density at radius 2 is 2.23 bits per heavy atom. The highest BCUT2D eigenvalue weighted by Gasteiger charge is 1.82. The van der Waals surface area contributed by atoms with E-state index in [1.54, 1.807) is 25.8 Å². The Labute approximate surface area is 77.7 Å². The number of hydrogen-bond donors (Lipinski definition) is 2. The number of methoxy groups -OCH3 is 1. The van der Waals surface area contributed by atoms with E-state index in [1.807, 2.05) is 0 Å². The third-order valence-electron chi connectivity index (χ3n) is 1.07. The molecule has 1 rings (SSSR count). The smallest absolute Gasteiger partial charge is 0.0919 e. The van der Waals surface area contributed by atoms with Gasteiger partial charge in [0.2, 0.25) is 0 Å². The minimum absolute atomic E-state index is 0.0870. The summed E-state index contributed by atoms with van der Waals surface area (Å²) in [5.41, 5.74) is 0. The predicted octanol–water partition coefficient (Wildman–Crippen LogP) is 0.0514. The van der Waals surface area contributed by atoms with Crippen LogP contribution in [0.3, 0.4) is 0 Å². The second-order valence-electron chi connectivity index (χ2n) is 2.09. The molecule has 5 heteroatoms. The van der Waals surface area contributed by atoms with Crippen molar-refractivity contribution in [3.05, 3.63) is 18.7 Å². The third kappa shape index (κ3) is 11.1. The van der Waals surface area contributed by atoms with Gasteiger partial charge in [-0.3, -0.25) is 0 Å². The first kappa shape index (κ1) is 12.1. The largest absolute Gasteiger partial charge is 0.394 e. The molecule has 13 heavy (non-hydrogen) atoms. The summed E-state index contributed by atoms with van der Waals surface area (Å²) in [7, 11) is 1.61. The molecule has 0 saturated heterocycles. The molecule has 0 saturated carbocycles. The van der Waals surface area contributed by atoms with Crippen molar-refractivity contribution < 1.29 is 14.6 Å². The van der Waals surface area contributed by atoms with Crippen LogP contribution in [0.15, 0.2) is 18.7 Å². The van der Waals surface area contributed by atoms with E-state index in [2.05, 4.69) is 14.7 Å². The van der Waals surface area contributed by atoms with Gasteiger partial charge in [0, 0.05) is 19.5 Å². The van der Waals surface area contributed by atoms with Gasteiger partial charge in [0.1, 0.15) is 0 Å². The van der Waals surface area contributed by atoms with Gasteiger partial charge in [0.25, 0.3) is 0 Å². The first-order valence-electron chi connectivity index (χ1n) is 4.02. The number of hydrogen-bond acceptors (Lipinski definition) is 4. The molecule has 5 nitrogen and oxygen atoms in total. The molecule has 0 aliphatic heterocycles. The number of aliphatic hydroxyl groups excluding tert-OH is 1. The average Bonchev–Trinajstić information content (AvgIpc) is 2.70. The summed E-state index contributed by atoms with van der Waals surface area (Å²) in [4.78, 5) is 6.42. The van der Waals surface area contributed by atoms with E-state index in [4.69, 9.17) is 9.84 Å². The number of aliphatic hydroxyl groups is 1. The molecule has 0 unspecified atom stereocenters. The predicted molar refractivity (Wildman–Crippen MR) is 48.4 cm³/mol. The van der Waals surface area contributed by atoms with Gasteiger partial charge in [0.15, 0.2) is 0 Å². The van der Waals surface area contributed by atoms with Crippen molar-refractivity contribution in [3.8, 4) is 0 Å². The highest BCUT2D eigenvalue weighted by Crippen LogP contribution is 1.72. The summed E-state index contributed by atoms with van der Waals surface area (Å²) in [5.74, 6) is 0. The first-order valence-corrected chi connectivity index (χ1v) is 4.02. The maximum atomic E-state index is 8.20. The number of nitrogens with one attached hydrogen (secondary N) is 1. The summed E-state index contributed by atoms with van der Waals surface area (Å²) < 4.78 is 9.53. The Bertz CT molecular complexity index is 133. The van der Waals surface area contributed by atoms with Crippen LogP contribution in [0.5, 0.6) is 0 Å². The molecule has 0 spiro atoms. The lowest BCUT2D eigenvalue weighted by molar-refractivity contribution is 0.0500. The lowest BCUT2D eigenvalue weighted by Gasteiger charge is -1.98. The Kier molecular flexibility index (Phi) is 10.3. The molecule has 2 N–H and O–H groups in total. The van der Waals surface area contributed by atoms with Crippen LogP contribution in [0.1, 0.15) is 0 Å². The lowest BCUT2D eigenvalue weighted by Crippen LogP contribution is -2.05. The minimum Gasteiger partial charge on any atom is -0.394 e. The van der Waals surface area contributed by atoms with Crippen LogP contribution in [0.4, 0.5) is 0 Å². The van der Waals surface area contributed by atoms with Crippen LogP contribution in [-0.2, 0) is 9.47 Å². The van der Waals surface area contributed by atoms with E-state index in [0.717, 1.165) is 0 Å². The molecule has 1 aromatic rings. The van der Waals surface area contributed by atoms with Gasteiger partial charge in [-0.2, -0.15) is 0 Å². The SMILES string of the molecule is COCCOCCO.c1c[nH]cn1. The highest BCUT2D eigenvalue weighted by molar-refractivity contribution is 4.64. The van der Waals surface area contributed by atoms with E-state index in [1.165, 1.54) is 0 Å². The fourth-order valence-electron chi connectivity index (χ4n) is 0.524. The zero-order valence-electron chi connectivity index (χ0n) is 7.77. The van der Waals surface area contributed by atoms with E-state index >= 15 is 0 Å². The molecule has 76 valence electrons. The molecule has 0 atom stereocenters. The monoisotopic (exact) mass is 188 g/mol. The quantitative estimate of drug-likeness (QED) is 0.641. The van der Waals surface area contributed by atoms with Gasteiger partial charge < -0.3 is 19.6 Å². The van der Waals surface area contributed by atoms with Crippen molar-refractivity contribution in [3.63, 3.8) is 0 Å². The molecule has 0 fully saturated rings. The van der Waals surface area contributed by atoms with Crippen molar-refractivity contribution in [2.24, 2.45) is 0 Å². The zero-order valence-corrected chi connectivity index (χ0v) is 7.77. The molecular formula is C8H16N2O3. The lowest BCUT2D eigenvalue weighted by atomic mass is 10.7. The number of rotatable bonds is 5. The summed E-state index contributed by atoms with van der Waals surface area (Å²) >= 11 is 0. The van der Waals surface area contributed by atoms with Gasteiger partial charge >= 0.3 is 0 Å². The van der Waals surface area contributed by atoms with Gasteiger partial charge in [-0.25, -0.2) is 4.98 Å². The Morgan fingerprint density at radius 1 is 1.38 bits per heavy atom. The van der Waals surface area contributed by atoms with E-state index < -0.39 is 0 Å². The summed E-state index contributed by atoms with van der Waals surface area (Å²) in [6.45, 7) is 1.66. The Hall–Kier alpha value is -0.910. The van der Waals surface area contributed by atoms with Crippen molar-refractivity contribution in [2.75, 3.05) is 33.5 Å². The van der Waals surface area contributed by atoms with Crippen LogP contribution < -0.4 is 0 Å². The summed E-state index contributed by atoms with van der Waals surface area (Å²) in [5, 5.41) is 8.20. The maximum absolute atomic E-state index is 8.20. The highest BCUT2D eigenvalue weighted by atomic mass is 16.5. The second kappa shape index (κ2) is 11.1. The van der Waals surface area contributed by atoms with E-state index in [-0.39, 0.29) is 6.61 Å². The molecular weight excluding hydrogens is 172 g/mol. The maximum Gasteiger partial charge on any atom is 0.0919 e. The topological polar surface area (TPSA) is 67.4 Å².